The van der Waals surface area contributed by atoms with Crippen LogP contribution in [0.2, 0.25) is 0 Å². The van der Waals surface area contributed by atoms with Gasteiger partial charge in [-0.25, -0.2) is 4.39 Å². The summed E-state index contributed by atoms with van der Waals surface area (Å²) >= 11 is 0. The first-order valence-electron chi connectivity index (χ1n) is 5.58. The zero-order valence-electron chi connectivity index (χ0n) is 9.68. The Balaban J connectivity index is 1.81. The highest BCUT2D eigenvalue weighted by molar-refractivity contribution is 5.08. The van der Waals surface area contributed by atoms with Gasteiger partial charge < -0.3 is 5.32 Å². The number of nitrogens with one attached hydrogen (secondary N) is 1. The number of rotatable bonds is 5. The Morgan fingerprint density at radius 1 is 1.47 bits per heavy atom. The van der Waals surface area contributed by atoms with Gasteiger partial charge in [0.05, 0.1) is 18.4 Å². The molecule has 0 radical (unpaired) electrons. The van der Waals surface area contributed by atoms with Crippen molar-refractivity contribution >= 4 is 0 Å². The molecule has 2 rings (SSSR count). The molecule has 2 heterocycles. The van der Waals surface area contributed by atoms with Crippen LogP contribution < -0.4 is 5.32 Å². The molecule has 1 unspecified atom stereocenters. The summed E-state index contributed by atoms with van der Waals surface area (Å²) in [6, 6.07) is 5.12. The molecular weight excluding hydrogens is 219 g/mol. The molecule has 5 heteroatoms. The van der Waals surface area contributed by atoms with E-state index in [2.05, 4.69) is 15.4 Å². The van der Waals surface area contributed by atoms with Crippen molar-refractivity contribution in [3.05, 3.63) is 48.3 Å². The van der Waals surface area contributed by atoms with E-state index in [1.807, 2.05) is 23.9 Å². The van der Waals surface area contributed by atoms with Gasteiger partial charge in [0.2, 0.25) is 0 Å². The Morgan fingerprint density at radius 3 is 3.00 bits per heavy atom. The van der Waals surface area contributed by atoms with Crippen LogP contribution in [0.1, 0.15) is 18.7 Å². The van der Waals surface area contributed by atoms with Crippen molar-refractivity contribution in [3.8, 4) is 0 Å². The summed E-state index contributed by atoms with van der Waals surface area (Å²) in [5, 5.41) is 7.42. The first-order chi connectivity index (χ1) is 8.25. The Kier molecular flexibility index (Phi) is 3.82. The molecule has 0 aliphatic heterocycles. The van der Waals surface area contributed by atoms with Gasteiger partial charge in [0, 0.05) is 25.0 Å². The second-order valence-corrected chi connectivity index (χ2v) is 3.85. The highest BCUT2D eigenvalue weighted by atomic mass is 19.1. The third kappa shape index (κ3) is 3.35. The number of nitrogens with zero attached hydrogens (tertiary/aromatic N) is 3. The Morgan fingerprint density at radius 2 is 2.35 bits per heavy atom. The third-order valence-corrected chi connectivity index (χ3v) is 2.54. The fourth-order valence-corrected chi connectivity index (χ4v) is 1.58. The van der Waals surface area contributed by atoms with Crippen LogP contribution in [0.4, 0.5) is 4.39 Å². The second kappa shape index (κ2) is 5.54. The molecule has 0 saturated heterocycles. The van der Waals surface area contributed by atoms with Gasteiger partial charge in [-0.3, -0.25) is 9.67 Å². The largest absolute Gasteiger partial charge is 0.307 e. The van der Waals surface area contributed by atoms with E-state index in [1.54, 1.807) is 12.3 Å². The predicted octanol–water partition coefficient (Wildman–Crippen LogP) is 1.77. The van der Waals surface area contributed by atoms with E-state index in [-0.39, 0.29) is 11.9 Å². The molecule has 0 aliphatic rings. The number of halogens is 1. The fraction of sp³-hybridized carbons (Fsp3) is 0.333. The first-order valence-corrected chi connectivity index (χ1v) is 5.58. The normalized spacial score (nSPS) is 12.6. The molecule has 0 aromatic carbocycles. The van der Waals surface area contributed by atoms with Crippen LogP contribution in [0.3, 0.4) is 0 Å². The summed E-state index contributed by atoms with van der Waals surface area (Å²) in [6.07, 6.45) is 4.91. The predicted molar refractivity (Wildman–Crippen MR) is 62.8 cm³/mol. The quantitative estimate of drug-likeness (QED) is 0.857. The van der Waals surface area contributed by atoms with Gasteiger partial charge in [0.15, 0.2) is 0 Å². The van der Waals surface area contributed by atoms with Crippen LogP contribution in [0.5, 0.6) is 0 Å². The van der Waals surface area contributed by atoms with Gasteiger partial charge in [0.25, 0.3) is 0 Å². The van der Waals surface area contributed by atoms with Crippen molar-refractivity contribution in [2.24, 2.45) is 0 Å². The van der Waals surface area contributed by atoms with Crippen molar-refractivity contribution in [2.75, 3.05) is 6.54 Å². The standard InChI is InChI=1S/C12H15FN4/c1-10(12-4-3-11(13)9-15-12)14-6-8-17-7-2-5-16-17/h2-5,7,9-10,14H,6,8H2,1H3. The Labute approximate surface area is 99.5 Å². The summed E-state index contributed by atoms with van der Waals surface area (Å²) in [4.78, 5) is 4.03. The number of hydrogen-bond acceptors (Lipinski definition) is 3. The molecule has 0 fully saturated rings. The molecule has 2 aromatic rings. The summed E-state index contributed by atoms with van der Waals surface area (Å²) in [5.41, 5.74) is 0.840. The molecular formula is C12H15FN4. The lowest BCUT2D eigenvalue weighted by Gasteiger charge is -2.13. The zero-order chi connectivity index (χ0) is 12.1. The summed E-state index contributed by atoms with van der Waals surface area (Å²) in [5.74, 6) is -0.308. The van der Waals surface area contributed by atoms with E-state index in [9.17, 15) is 4.39 Å². The second-order valence-electron chi connectivity index (χ2n) is 3.85. The molecule has 17 heavy (non-hydrogen) atoms. The molecule has 1 atom stereocenters. The van der Waals surface area contributed by atoms with E-state index in [1.165, 1.54) is 12.3 Å². The molecule has 2 aromatic heterocycles. The van der Waals surface area contributed by atoms with Crippen LogP contribution >= 0.6 is 0 Å². The fourth-order valence-electron chi connectivity index (χ4n) is 1.58. The van der Waals surface area contributed by atoms with Gasteiger partial charge in [-0.15, -0.1) is 0 Å². The van der Waals surface area contributed by atoms with Crippen LogP contribution in [0, 0.1) is 5.82 Å². The van der Waals surface area contributed by atoms with Crippen LogP contribution in [-0.4, -0.2) is 21.3 Å². The van der Waals surface area contributed by atoms with E-state index in [4.69, 9.17) is 0 Å². The third-order valence-electron chi connectivity index (χ3n) is 2.54. The lowest BCUT2D eigenvalue weighted by molar-refractivity contribution is 0.499. The smallest absolute Gasteiger partial charge is 0.141 e. The molecule has 0 aliphatic carbocycles. The number of hydrogen-bond donors (Lipinski definition) is 1. The van der Waals surface area contributed by atoms with E-state index < -0.39 is 0 Å². The van der Waals surface area contributed by atoms with Crippen LogP contribution in [0.15, 0.2) is 36.8 Å². The molecule has 90 valence electrons. The minimum absolute atomic E-state index is 0.103. The number of aromatic nitrogens is 3. The summed E-state index contributed by atoms with van der Waals surface area (Å²) in [7, 11) is 0. The minimum atomic E-state index is -0.308. The average molecular weight is 234 g/mol. The maximum atomic E-state index is 12.7. The first kappa shape index (κ1) is 11.7. The molecule has 0 amide bonds. The summed E-state index contributed by atoms with van der Waals surface area (Å²) in [6.45, 7) is 3.60. The lowest BCUT2D eigenvalue weighted by atomic mass is 10.2. The number of pyridine rings is 1. The minimum Gasteiger partial charge on any atom is -0.307 e. The molecule has 4 nitrogen and oxygen atoms in total. The molecule has 0 spiro atoms. The Hall–Kier alpha value is -1.75. The van der Waals surface area contributed by atoms with Gasteiger partial charge >= 0.3 is 0 Å². The lowest BCUT2D eigenvalue weighted by Crippen LogP contribution is -2.24. The van der Waals surface area contributed by atoms with Gasteiger partial charge in [-0.1, -0.05) is 0 Å². The Bertz CT molecular complexity index is 438. The molecule has 0 saturated carbocycles. The van der Waals surface area contributed by atoms with Crippen LogP contribution in [-0.2, 0) is 6.54 Å². The van der Waals surface area contributed by atoms with Gasteiger partial charge in [-0.05, 0) is 25.1 Å². The topological polar surface area (TPSA) is 42.7 Å². The maximum absolute atomic E-state index is 12.7. The average Bonchev–Trinajstić information content (AvgIpc) is 2.83. The zero-order valence-corrected chi connectivity index (χ0v) is 9.68. The molecule has 1 N–H and O–H groups in total. The highest BCUT2D eigenvalue weighted by Gasteiger charge is 2.05. The van der Waals surface area contributed by atoms with Crippen LogP contribution in [0.25, 0.3) is 0 Å². The van der Waals surface area contributed by atoms with Crippen molar-refractivity contribution < 1.29 is 4.39 Å². The highest BCUT2D eigenvalue weighted by Crippen LogP contribution is 2.08. The van der Waals surface area contributed by atoms with Crippen molar-refractivity contribution in [1.29, 1.82) is 0 Å². The van der Waals surface area contributed by atoms with Crippen molar-refractivity contribution in [3.63, 3.8) is 0 Å². The maximum Gasteiger partial charge on any atom is 0.141 e. The van der Waals surface area contributed by atoms with E-state index in [0.29, 0.717) is 0 Å². The van der Waals surface area contributed by atoms with Crippen molar-refractivity contribution in [2.45, 2.75) is 19.5 Å². The van der Waals surface area contributed by atoms with Gasteiger partial charge in [0.1, 0.15) is 5.82 Å². The SMILES string of the molecule is CC(NCCn1cccn1)c1ccc(F)cn1. The van der Waals surface area contributed by atoms with E-state index in [0.717, 1.165) is 18.8 Å². The summed E-state index contributed by atoms with van der Waals surface area (Å²) < 4.78 is 14.6. The molecule has 0 bridgehead atoms. The van der Waals surface area contributed by atoms with Gasteiger partial charge in [-0.2, -0.15) is 5.10 Å². The van der Waals surface area contributed by atoms with E-state index >= 15 is 0 Å². The van der Waals surface area contributed by atoms with Crippen molar-refractivity contribution in [1.82, 2.24) is 20.1 Å². The monoisotopic (exact) mass is 234 g/mol.